The Morgan fingerprint density at radius 2 is 1.79 bits per heavy atom. The summed E-state index contributed by atoms with van der Waals surface area (Å²) in [6.07, 6.45) is 0. The molecule has 1 rings (SSSR count). The van der Waals surface area contributed by atoms with Gasteiger partial charge in [-0.05, 0) is 37.4 Å². The third-order valence-electron chi connectivity index (χ3n) is 1.85. The zero-order valence-electron chi connectivity index (χ0n) is 8.53. The molecule has 0 spiro atoms. The van der Waals surface area contributed by atoms with Gasteiger partial charge < -0.3 is 4.90 Å². The highest BCUT2D eigenvalue weighted by Gasteiger charge is 1.95. The van der Waals surface area contributed by atoms with Gasteiger partial charge in [0.1, 0.15) is 0 Å². The van der Waals surface area contributed by atoms with Crippen molar-refractivity contribution in [2.75, 3.05) is 14.1 Å². The number of isothiocyanates is 1. The Kier molecular flexibility index (Phi) is 4.47. The second kappa shape index (κ2) is 5.66. The Labute approximate surface area is 90.3 Å². The van der Waals surface area contributed by atoms with E-state index in [1.54, 1.807) is 0 Å². The standard InChI is InChI=1S/C11H14N2S/c1-13(2)8-11-5-3-10(4-6-11)7-12-9-14/h3-6H,7-8H2,1-2H3. The number of benzene rings is 1. The maximum atomic E-state index is 4.51. The van der Waals surface area contributed by atoms with Crippen LogP contribution in [-0.4, -0.2) is 24.2 Å². The van der Waals surface area contributed by atoms with E-state index >= 15 is 0 Å². The molecule has 0 aliphatic heterocycles. The first-order valence-electron chi connectivity index (χ1n) is 4.48. The molecule has 2 nitrogen and oxygen atoms in total. The van der Waals surface area contributed by atoms with E-state index < -0.39 is 0 Å². The Morgan fingerprint density at radius 1 is 1.21 bits per heavy atom. The summed E-state index contributed by atoms with van der Waals surface area (Å²) in [5.41, 5.74) is 2.48. The van der Waals surface area contributed by atoms with Crippen LogP contribution in [0.3, 0.4) is 0 Å². The Balaban J connectivity index is 2.63. The molecule has 1 aromatic rings. The van der Waals surface area contributed by atoms with Gasteiger partial charge in [0.25, 0.3) is 0 Å². The average Bonchev–Trinajstić information content (AvgIpc) is 2.16. The predicted molar refractivity (Wildman–Crippen MR) is 62.6 cm³/mol. The average molecular weight is 206 g/mol. The van der Waals surface area contributed by atoms with Gasteiger partial charge in [0, 0.05) is 6.54 Å². The first kappa shape index (κ1) is 11.1. The fraction of sp³-hybridized carbons (Fsp3) is 0.364. The third kappa shape index (κ3) is 3.79. The summed E-state index contributed by atoms with van der Waals surface area (Å²) in [5, 5.41) is 2.36. The zero-order chi connectivity index (χ0) is 10.4. The van der Waals surface area contributed by atoms with Crippen LogP contribution < -0.4 is 0 Å². The summed E-state index contributed by atoms with van der Waals surface area (Å²) in [4.78, 5) is 6.03. The molecule has 0 aliphatic carbocycles. The molecule has 0 aromatic heterocycles. The van der Waals surface area contributed by atoms with E-state index in [-0.39, 0.29) is 0 Å². The van der Waals surface area contributed by atoms with Crippen molar-refractivity contribution < 1.29 is 0 Å². The van der Waals surface area contributed by atoms with Crippen molar-refractivity contribution in [3.8, 4) is 0 Å². The van der Waals surface area contributed by atoms with Gasteiger partial charge in [-0.25, -0.2) is 4.99 Å². The van der Waals surface area contributed by atoms with Crippen LogP contribution in [0.1, 0.15) is 11.1 Å². The Hall–Kier alpha value is -1.02. The number of hydrogen-bond donors (Lipinski definition) is 0. The molecule has 1 aromatic carbocycles. The molecule has 0 N–H and O–H groups in total. The minimum absolute atomic E-state index is 0.631. The van der Waals surface area contributed by atoms with E-state index in [1.165, 1.54) is 11.1 Å². The largest absolute Gasteiger partial charge is 0.305 e. The van der Waals surface area contributed by atoms with Crippen LogP contribution in [0.5, 0.6) is 0 Å². The Bertz CT molecular complexity index is 324. The van der Waals surface area contributed by atoms with Gasteiger partial charge in [0.05, 0.1) is 11.7 Å². The topological polar surface area (TPSA) is 15.6 Å². The summed E-state index contributed by atoms with van der Waals surface area (Å²) in [7, 11) is 4.12. The number of thiocarbonyl (C=S) groups is 1. The molecule has 0 saturated heterocycles. The first-order chi connectivity index (χ1) is 6.72. The fourth-order valence-electron chi connectivity index (χ4n) is 1.24. The van der Waals surface area contributed by atoms with E-state index in [1.807, 2.05) is 0 Å². The second-order valence-electron chi connectivity index (χ2n) is 3.46. The lowest BCUT2D eigenvalue weighted by Crippen LogP contribution is -2.10. The molecule has 74 valence electrons. The highest BCUT2D eigenvalue weighted by Crippen LogP contribution is 2.06. The van der Waals surface area contributed by atoms with Crippen molar-refractivity contribution in [2.24, 2.45) is 4.99 Å². The highest BCUT2D eigenvalue weighted by atomic mass is 32.1. The van der Waals surface area contributed by atoms with Gasteiger partial charge in [-0.15, -0.1) is 0 Å². The molecule has 0 amide bonds. The molecule has 0 unspecified atom stereocenters. The van der Waals surface area contributed by atoms with E-state index in [2.05, 4.69) is 65.6 Å². The quantitative estimate of drug-likeness (QED) is 0.555. The molecular formula is C11H14N2S. The van der Waals surface area contributed by atoms with Crippen molar-refractivity contribution in [1.82, 2.24) is 4.90 Å². The van der Waals surface area contributed by atoms with Crippen molar-refractivity contribution in [1.29, 1.82) is 0 Å². The van der Waals surface area contributed by atoms with Crippen molar-refractivity contribution in [3.63, 3.8) is 0 Å². The summed E-state index contributed by atoms with van der Waals surface area (Å²) >= 11 is 4.51. The van der Waals surface area contributed by atoms with Crippen LogP contribution in [0.25, 0.3) is 0 Å². The predicted octanol–water partition coefficient (Wildman–Crippen LogP) is 2.35. The first-order valence-corrected chi connectivity index (χ1v) is 4.89. The van der Waals surface area contributed by atoms with Crippen LogP contribution in [0.15, 0.2) is 29.3 Å². The summed E-state index contributed by atoms with van der Waals surface area (Å²) in [6, 6.07) is 8.40. The fourth-order valence-corrected chi connectivity index (χ4v) is 1.30. The molecule has 0 atom stereocenters. The van der Waals surface area contributed by atoms with Gasteiger partial charge in [0.2, 0.25) is 0 Å². The maximum absolute atomic E-state index is 4.51. The number of rotatable bonds is 4. The van der Waals surface area contributed by atoms with E-state index in [0.717, 1.165) is 6.54 Å². The van der Waals surface area contributed by atoms with Crippen molar-refractivity contribution in [3.05, 3.63) is 35.4 Å². The number of nitrogens with zero attached hydrogens (tertiary/aromatic N) is 2. The van der Waals surface area contributed by atoms with E-state index in [9.17, 15) is 0 Å². The summed E-state index contributed by atoms with van der Waals surface area (Å²) in [5.74, 6) is 0. The lowest BCUT2D eigenvalue weighted by molar-refractivity contribution is 0.402. The van der Waals surface area contributed by atoms with Gasteiger partial charge in [0.15, 0.2) is 0 Å². The summed E-state index contributed by atoms with van der Waals surface area (Å²) < 4.78 is 0. The van der Waals surface area contributed by atoms with Crippen LogP contribution in [0.2, 0.25) is 0 Å². The van der Waals surface area contributed by atoms with E-state index in [0.29, 0.717) is 6.54 Å². The number of aliphatic imine (C=N–C) groups is 1. The molecule has 0 aliphatic rings. The lowest BCUT2D eigenvalue weighted by Gasteiger charge is -2.09. The molecule has 0 bridgehead atoms. The molecular weight excluding hydrogens is 192 g/mol. The SMILES string of the molecule is CN(C)Cc1ccc(CN=C=S)cc1. The third-order valence-corrected chi connectivity index (χ3v) is 1.98. The molecule has 0 fully saturated rings. The minimum atomic E-state index is 0.631. The van der Waals surface area contributed by atoms with E-state index in [4.69, 9.17) is 0 Å². The molecule has 0 saturated carbocycles. The smallest absolute Gasteiger partial charge is 0.0743 e. The van der Waals surface area contributed by atoms with Crippen molar-refractivity contribution >= 4 is 17.4 Å². The zero-order valence-corrected chi connectivity index (χ0v) is 9.34. The lowest BCUT2D eigenvalue weighted by atomic mass is 10.1. The van der Waals surface area contributed by atoms with Gasteiger partial charge >= 0.3 is 0 Å². The summed E-state index contributed by atoms with van der Waals surface area (Å²) in [6.45, 7) is 1.60. The van der Waals surface area contributed by atoms with Crippen LogP contribution in [-0.2, 0) is 13.1 Å². The number of hydrogen-bond acceptors (Lipinski definition) is 3. The van der Waals surface area contributed by atoms with Gasteiger partial charge in [-0.3, -0.25) is 0 Å². The Morgan fingerprint density at radius 3 is 2.29 bits per heavy atom. The van der Waals surface area contributed by atoms with Crippen LogP contribution >= 0.6 is 12.2 Å². The minimum Gasteiger partial charge on any atom is -0.305 e. The highest BCUT2D eigenvalue weighted by molar-refractivity contribution is 7.78. The second-order valence-corrected chi connectivity index (χ2v) is 3.64. The monoisotopic (exact) mass is 206 g/mol. The maximum Gasteiger partial charge on any atom is 0.0743 e. The van der Waals surface area contributed by atoms with Gasteiger partial charge in [-0.1, -0.05) is 24.3 Å². The van der Waals surface area contributed by atoms with Gasteiger partial charge in [-0.2, -0.15) is 0 Å². The van der Waals surface area contributed by atoms with Crippen molar-refractivity contribution in [2.45, 2.75) is 13.1 Å². The molecule has 3 heteroatoms. The van der Waals surface area contributed by atoms with Crippen LogP contribution in [0, 0.1) is 0 Å². The normalized spacial score (nSPS) is 9.93. The molecule has 14 heavy (non-hydrogen) atoms. The molecule has 0 heterocycles. The van der Waals surface area contributed by atoms with Crippen LogP contribution in [0.4, 0.5) is 0 Å². The molecule has 0 radical (unpaired) electrons.